The highest BCUT2D eigenvalue weighted by molar-refractivity contribution is 5.94. The zero-order valence-corrected chi connectivity index (χ0v) is 10.4. The molecule has 0 saturated heterocycles. The molecule has 0 spiro atoms. The van der Waals surface area contributed by atoms with Crippen molar-refractivity contribution in [3.63, 3.8) is 0 Å². The average molecular weight is 245 g/mol. The first-order valence-corrected chi connectivity index (χ1v) is 5.73. The molecule has 0 aliphatic carbocycles. The molecule has 0 aliphatic heterocycles. The normalized spacial score (nSPS) is 10.3. The molecule has 2 aromatic heterocycles. The number of H-pyrrole nitrogens is 1. The van der Waals surface area contributed by atoms with Crippen LogP contribution in [0.5, 0.6) is 0 Å². The van der Waals surface area contributed by atoms with Crippen LogP contribution in [-0.2, 0) is 6.42 Å². The molecule has 0 radical (unpaired) electrons. The van der Waals surface area contributed by atoms with Gasteiger partial charge in [-0.25, -0.2) is 15.0 Å². The van der Waals surface area contributed by atoms with Gasteiger partial charge in [0, 0.05) is 31.6 Å². The molecular weight excluding hydrogens is 230 g/mol. The molecule has 0 unspecified atom stereocenters. The molecule has 94 valence electrons. The maximum Gasteiger partial charge on any atom is 0.222 e. The maximum absolute atomic E-state index is 11.2. The second-order valence-electron chi connectivity index (χ2n) is 3.96. The van der Waals surface area contributed by atoms with Gasteiger partial charge in [-0.1, -0.05) is 0 Å². The summed E-state index contributed by atoms with van der Waals surface area (Å²) < 4.78 is 0. The van der Waals surface area contributed by atoms with E-state index in [0.29, 0.717) is 23.8 Å². The Morgan fingerprint density at radius 3 is 2.89 bits per heavy atom. The summed E-state index contributed by atoms with van der Waals surface area (Å²) in [6.07, 6.45) is 5.83. The van der Waals surface area contributed by atoms with Crippen LogP contribution >= 0.6 is 0 Å². The Morgan fingerprint density at radius 1 is 1.44 bits per heavy atom. The molecule has 0 bridgehead atoms. The van der Waals surface area contributed by atoms with Crippen molar-refractivity contribution in [1.82, 2.24) is 19.9 Å². The van der Waals surface area contributed by atoms with Crippen molar-refractivity contribution in [3.05, 3.63) is 35.7 Å². The number of rotatable bonds is 5. The number of Topliss-reactive ketones (excluding diaryl/α,β-unsaturated/α-hetero) is 1. The monoisotopic (exact) mass is 245 g/mol. The summed E-state index contributed by atoms with van der Waals surface area (Å²) in [4.78, 5) is 26.7. The number of hydrogen-bond donors (Lipinski definition) is 2. The van der Waals surface area contributed by atoms with Crippen molar-refractivity contribution in [3.8, 4) is 0 Å². The molecule has 0 aliphatic rings. The number of nitrogens with zero attached hydrogens (tertiary/aromatic N) is 3. The van der Waals surface area contributed by atoms with Crippen molar-refractivity contribution in [2.24, 2.45) is 0 Å². The predicted octanol–water partition coefficient (Wildman–Crippen LogP) is 1.37. The van der Waals surface area contributed by atoms with Crippen LogP contribution in [0.15, 0.2) is 18.6 Å². The van der Waals surface area contributed by atoms with E-state index in [0.717, 1.165) is 12.2 Å². The summed E-state index contributed by atoms with van der Waals surface area (Å²) in [6, 6.07) is 0. The van der Waals surface area contributed by atoms with E-state index in [1.807, 2.05) is 0 Å². The highest BCUT2D eigenvalue weighted by Gasteiger charge is 2.06. The molecule has 0 aromatic carbocycles. The first-order valence-electron chi connectivity index (χ1n) is 5.73. The predicted molar refractivity (Wildman–Crippen MR) is 67.6 cm³/mol. The first kappa shape index (κ1) is 12.2. The minimum absolute atomic E-state index is 0.0189. The minimum atomic E-state index is -0.0189. The van der Waals surface area contributed by atoms with Crippen molar-refractivity contribution in [1.29, 1.82) is 0 Å². The fourth-order valence-electron chi connectivity index (χ4n) is 1.63. The fraction of sp³-hybridized carbons (Fsp3) is 0.333. The highest BCUT2D eigenvalue weighted by atomic mass is 16.1. The molecule has 2 aromatic rings. The molecule has 18 heavy (non-hydrogen) atoms. The Balaban J connectivity index is 1.94. The topological polar surface area (TPSA) is 83.6 Å². The standard InChI is InChI=1S/C12H15N5O/c1-8-10(9(2)18)7-16-12(17-8)15-4-3-11-13-5-6-14-11/h5-7H,3-4H2,1-2H3,(H,13,14)(H,15,16,17). The summed E-state index contributed by atoms with van der Waals surface area (Å²) in [6.45, 7) is 4.00. The van der Waals surface area contributed by atoms with Crippen molar-refractivity contribution < 1.29 is 4.79 Å². The van der Waals surface area contributed by atoms with Crippen LogP contribution in [0, 0.1) is 6.92 Å². The number of imidazole rings is 1. The quantitative estimate of drug-likeness (QED) is 0.777. The third-order valence-corrected chi connectivity index (χ3v) is 2.56. The molecular formula is C12H15N5O. The molecule has 6 nitrogen and oxygen atoms in total. The third kappa shape index (κ3) is 2.91. The van der Waals surface area contributed by atoms with Gasteiger partial charge in [0.15, 0.2) is 5.78 Å². The molecule has 2 heterocycles. The Kier molecular flexibility index (Phi) is 3.66. The number of hydrogen-bond acceptors (Lipinski definition) is 5. The number of carbonyl (C=O) groups is 1. The zero-order chi connectivity index (χ0) is 13.0. The number of ketones is 1. The van der Waals surface area contributed by atoms with Crippen LogP contribution < -0.4 is 5.32 Å². The third-order valence-electron chi connectivity index (χ3n) is 2.56. The van der Waals surface area contributed by atoms with Gasteiger partial charge in [0.1, 0.15) is 5.82 Å². The van der Waals surface area contributed by atoms with E-state index in [1.165, 1.54) is 6.92 Å². The number of nitrogens with one attached hydrogen (secondary N) is 2. The summed E-state index contributed by atoms with van der Waals surface area (Å²) in [7, 11) is 0. The van der Waals surface area contributed by atoms with E-state index in [2.05, 4.69) is 25.3 Å². The maximum atomic E-state index is 11.2. The van der Waals surface area contributed by atoms with Gasteiger partial charge in [-0.05, 0) is 13.8 Å². The molecule has 0 amide bonds. The molecule has 0 atom stereocenters. The van der Waals surface area contributed by atoms with Crippen molar-refractivity contribution in [2.75, 3.05) is 11.9 Å². The smallest absolute Gasteiger partial charge is 0.222 e. The second-order valence-corrected chi connectivity index (χ2v) is 3.96. The average Bonchev–Trinajstić information content (AvgIpc) is 2.81. The number of aromatic amines is 1. The van der Waals surface area contributed by atoms with Crippen LogP contribution in [-0.4, -0.2) is 32.3 Å². The number of anilines is 1. The summed E-state index contributed by atoms with van der Waals surface area (Å²) in [5.74, 6) is 1.43. The molecule has 6 heteroatoms. The molecule has 0 saturated carbocycles. The summed E-state index contributed by atoms with van der Waals surface area (Å²) in [5, 5.41) is 3.10. The SMILES string of the molecule is CC(=O)c1cnc(NCCc2ncc[nH]2)nc1C. The van der Waals surface area contributed by atoms with Crippen LogP contribution in [0.2, 0.25) is 0 Å². The van der Waals surface area contributed by atoms with Gasteiger partial charge in [-0.3, -0.25) is 4.79 Å². The minimum Gasteiger partial charge on any atom is -0.354 e. The second kappa shape index (κ2) is 5.39. The van der Waals surface area contributed by atoms with E-state index in [1.54, 1.807) is 25.5 Å². The Morgan fingerprint density at radius 2 is 2.28 bits per heavy atom. The van der Waals surface area contributed by atoms with Crippen LogP contribution in [0.1, 0.15) is 28.8 Å². The van der Waals surface area contributed by atoms with Crippen LogP contribution in [0.25, 0.3) is 0 Å². The number of aromatic nitrogens is 4. The highest BCUT2D eigenvalue weighted by Crippen LogP contribution is 2.07. The van der Waals surface area contributed by atoms with Gasteiger partial charge in [0.05, 0.1) is 11.3 Å². The van der Waals surface area contributed by atoms with Gasteiger partial charge in [-0.2, -0.15) is 0 Å². The lowest BCUT2D eigenvalue weighted by Crippen LogP contribution is -2.10. The number of carbonyl (C=O) groups excluding carboxylic acids is 1. The van der Waals surface area contributed by atoms with Crippen LogP contribution in [0.3, 0.4) is 0 Å². The van der Waals surface area contributed by atoms with Crippen molar-refractivity contribution >= 4 is 11.7 Å². The molecule has 0 fully saturated rings. The lowest BCUT2D eigenvalue weighted by atomic mass is 10.2. The van der Waals surface area contributed by atoms with Gasteiger partial charge >= 0.3 is 0 Å². The molecule has 2 rings (SSSR count). The fourth-order valence-corrected chi connectivity index (χ4v) is 1.63. The van der Waals surface area contributed by atoms with Gasteiger partial charge < -0.3 is 10.3 Å². The van der Waals surface area contributed by atoms with Crippen molar-refractivity contribution in [2.45, 2.75) is 20.3 Å². The first-order chi connectivity index (χ1) is 8.66. The summed E-state index contributed by atoms with van der Waals surface area (Å²) in [5.41, 5.74) is 1.25. The van der Waals surface area contributed by atoms with E-state index >= 15 is 0 Å². The lowest BCUT2D eigenvalue weighted by molar-refractivity contribution is 0.101. The van der Waals surface area contributed by atoms with Gasteiger partial charge in [-0.15, -0.1) is 0 Å². The van der Waals surface area contributed by atoms with E-state index in [-0.39, 0.29) is 5.78 Å². The van der Waals surface area contributed by atoms with Gasteiger partial charge in [0.25, 0.3) is 0 Å². The van der Waals surface area contributed by atoms with E-state index in [9.17, 15) is 4.79 Å². The molecule has 2 N–H and O–H groups in total. The van der Waals surface area contributed by atoms with Gasteiger partial charge in [0.2, 0.25) is 5.95 Å². The zero-order valence-electron chi connectivity index (χ0n) is 10.4. The van der Waals surface area contributed by atoms with E-state index in [4.69, 9.17) is 0 Å². The largest absolute Gasteiger partial charge is 0.354 e. The van der Waals surface area contributed by atoms with Crippen LogP contribution in [0.4, 0.5) is 5.95 Å². The van der Waals surface area contributed by atoms with E-state index < -0.39 is 0 Å². The number of aryl methyl sites for hydroxylation is 1. The Hall–Kier alpha value is -2.24. The summed E-state index contributed by atoms with van der Waals surface area (Å²) >= 11 is 0. The Bertz CT molecular complexity index is 535. The lowest BCUT2D eigenvalue weighted by Gasteiger charge is -2.06. The Labute approximate surface area is 105 Å².